The number of rotatable bonds is 4. The highest BCUT2D eigenvalue weighted by Crippen LogP contribution is 2.47. The van der Waals surface area contributed by atoms with Crippen LogP contribution in [0.5, 0.6) is 0 Å². The van der Waals surface area contributed by atoms with Crippen molar-refractivity contribution < 1.29 is 9.84 Å². The number of nitrogens with two attached hydrogens (primary N) is 1. The summed E-state index contributed by atoms with van der Waals surface area (Å²) >= 11 is 0. The van der Waals surface area contributed by atoms with Crippen molar-refractivity contribution in [2.75, 3.05) is 19.8 Å². The van der Waals surface area contributed by atoms with Crippen LogP contribution in [0, 0.1) is 11.3 Å². The fourth-order valence-corrected chi connectivity index (χ4v) is 3.95. The molecule has 3 atom stereocenters. The van der Waals surface area contributed by atoms with E-state index in [4.69, 9.17) is 10.5 Å². The van der Waals surface area contributed by atoms with Crippen LogP contribution >= 0.6 is 0 Å². The molecular weight excluding hydrogens is 226 g/mol. The minimum atomic E-state index is -0.583. The summed E-state index contributed by atoms with van der Waals surface area (Å²) in [7, 11) is 0. The van der Waals surface area contributed by atoms with Gasteiger partial charge in [-0.25, -0.2) is 0 Å². The average molecular weight is 255 g/mol. The van der Waals surface area contributed by atoms with Gasteiger partial charge in [-0.15, -0.1) is 0 Å². The molecule has 106 valence electrons. The molecule has 0 bridgehead atoms. The molecular formula is C15H29NO2. The molecule has 1 saturated carbocycles. The Kier molecular flexibility index (Phi) is 4.68. The molecule has 1 heterocycles. The van der Waals surface area contributed by atoms with Gasteiger partial charge in [-0.05, 0) is 31.6 Å². The topological polar surface area (TPSA) is 55.5 Å². The van der Waals surface area contributed by atoms with Gasteiger partial charge in [0, 0.05) is 18.6 Å². The van der Waals surface area contributed by atoms with Gasteiger partial charge in [0.25, 0.3) is 0 Å². The van der Waals surface area contributed by atoms with Gasteiger partial charge in [-0.1, -0.05) is 32.6 Å². The lowest BCUT2D eigenvalue weighted by Crippen LogP contribution is -2.53. The minimum absolute atomic E-state index is 0.173. The maximum Gasteiger partial charge on any atom is 0.0738 e. The first-order chi connectivity index (χ1) is 8.66. The summed E-state index contributed by atoms with van der Waals surface area (Å²) in [5, 5.41) is 11.1. The van der Waals surface area contributed by atoms with E-state index in [9.17, 15) is 5.11 Å². The Bertz CT molecular complexity index is 263. The van der Waals surface area contributed by atoms with Crippen molar-refractivity contribution in [3.05, 3.63) is 0 Å². The summed E-state index contributed by atoms with van der Waals surface area (Å²) in [4.78, 5) is 0. The van der Waals surface area contributed by atoms with Crippen LogP contribution in [0.1, 0.15) is 58.3 Å². The third-order valence-corrected chi connectivity index (χ3v) is 5.35. The number of hydrogen-bond donors (Lipinski definition) is 2. The highest BCUT2D eigenvalue weighted by atomic mass is 16.5. The molecule has 0 radical (unpaired) electrons. The number of hydrogen-bond acceptors (Lipinski definition) is 3. The van der Waals surface area contributed by atoms with Crippen LogP contribution in [0.15, 0.2) is 0 Å². The molecule has 3 N–H and O–H groups in total. The third-order valence-electron chi connectivity index (χ3n) is 5.35. The molecule has 2 fully saturated rings. The molecule has 0 aromatic rings. The highest BCUT2D eigenvalue weighted by molar-refractivity contribution is 5.02. The van der Waals surface area contributed by atoms with E-state index >= 15 is 0 Å². The van der Waals surface area contributed by atoms with Crippen molar-refractivity contribution in [2.45, 2.75) is 63.9 Å². The van der Waals surface area contributed by atoms with E-state index in [2.05, 4.69) is 6.92 Å². The van der Waals surface area contributed by atoms with E-state index in [1.807, 2.05) is 0 Å². The second-order valence-electron chi connectivity index (χ2n) is 6.40. The van der Waals surface area contributed by atoms with Crippen molar-refractivity contribution in [3.63, 3.8) is 0 Å². The van der Waals surface area contributed by atoms with E-state index in [1.54, 1.807) is 0 Å². The van der Waals surface area contributed by atoms with Crippen LogP contribution in [0.2, 0.25) is 0 Å². The minimum Gasteiger partial charge on any atom is -0.389 e. The quantitative estimate of drug-likeness (QED) is 0.759. The van der Waals surface area contributed by atoms with Crippen molar-refractivity contribution in [1.29, 1.82) is 0 Å². The average Bonchev–Trinajstić information content (AvgIpc) is 2.79. The largest absolute Gasteiger partial charge is 0.389 e. The lowest BCUT2D eigenvalue weighted by molar-refractivity contribution is -0.0939. The Hall–Kier alpha value is -0.120. The van der Waals surface area contributed by atoms with Gasteiger partial charge in [0.1, 0.15) is 0 Å². The van der Waals surface area contributed by atoms with Gasteiger partial charge in [0.05, 0.1) is 12.2 Å². The molecule has 2 aliphatic rings. The van der Waals surface area contributed by atoms with Crippen molar-refractivity contribution in [1.82, 2.24) is 0 Å². The molecule has 18 heavy (non-hydrogen) atoms. The number of ether oxygens (including phenoxy) is 1. The standard InChI is InChI=1S/C15H29NO2/c1-2-4-13-5-3-7-15(17,8-6-13)14(11-16)9-10-18-12-14/h13,17H,2-12,16H2,1H3. The van der Waals surface area contributed by atoms with Crippen LogP contribution in [0.4, 0.5) is 0 Å². The lowest BCUT2D eigenvalue weighted by Gasteiger charge is -2.43. The van der Waals surface area contributed by atoms with Gasteiger partial charge >= 0.3 is 0 Å². The molecule has 3 nitrogen and oxygen atoms in total. The van der Waals surface area contributed by atoms with Gasteiger partial charge in [-0.3, -0.25) is 0 Å². The maximum atomic E-state index is 11.1. The van der Waals surface area contributed by atoms with Gasteiger partial charge < -0.3 is 15.6 Å². The smallest absolute Gasteiger partial charge is 0.0738 e. The van der Waals surface area contributed by atoms with Crippen molar-refractivity contribution in [2.24, 2.45) is 17.1 Å². The molecule has 0 aromatic heterocycles. The van der Waals surface area contributed by atoms with Crippen LogP contribution in [-0.2, 0) is 4.74 Å². The predicted molar refractivity (Wildman–Crippen MR) is 73.4 cm³/mol. The fraction of sp³-hybridized carbons (Fsp3) is 1.00. The third kappa shape index (κ3) is 2.59. The molecule has 0 aromatic carbocycles. The zero-order valence-corrected chi connectivity index (χ0v) is 11.8. The van der Waals surface area contributed by atoms with E-state index in [-0.39, 0.29) is 5.41 Å². The predicted octanol–water partition coefficient (Wildman–Crippen LogP) is 2.46. The molecule has 1 aliphatic heterocycles. The molecule has 1 aliphatic carbocycles. The summed E-state index contributed by atoms with van der Waals surface area (Å²) in [5.74, 6) is 0.807. The Morgan fingerprint density at radius 2 is 2.11 bits per heavy atom. The first-order valence-electron chi connectivity index (χ1n) is 7.66. The highest BCUT2D eigenvalue weighted by Gasteiger charge is 2.51. The molecule has 1 saturated heterocycles. The molecule has 0 amide bonds. The van der Waals surface area contributed by atoms with E-state index in [1.165, 1.54) is 19.3 Å². The molecule has 3 heteroatoms. The SMILES string of the molecule is CCCC1CCCC(O)(C2(CN)CCOC2)CC1. The summed E-state index contributed by atoms with van der Waals surface area (Å²) in [5.41, 5.74) is 5.23. The Balaban J connectivity index is 2.06. The molecule has 2 rings (SSSR count). The Morgan fingerprint density at radius 1 is 1.28 bits per heavy atom. The van der Waals surface area contributed by atoms with E-state index in [0.717, 1.165) is 44.6 Å². The zero-order chi connectivity index (χ0) is 13.1. The Labute approximate surface area is 111 Å². The summed E-state index contributed by atoms with van der Waals surface area (Å²) in [6, 6.07) is 0. The first kappa shape index (κ1) is 14.3. The summed E-state index contributed by atoms with van der Waals surface area (Å²) in [6.07, 6.45) is 8.90. The van der Waals surface area contributed by atoms with Gasteiger partial charge in [0.2, 0.25) is 0 Å². The van der Waals surface area contributed by atoms with Gasteiger partial charge in [-0.2, -0.15) is 0 Å². The fourth-order valence-electron chi connectivity index (χ4n) is 3.95. The van der Waals surface area contributed by atoms with Gasteiger partial charge in [0.15, 0.2) is 0 Å². The van der Waals surface area contributed by atoms with Crippen LogP contribution in [-0.4, -0.2) is 30.5 Å². The molecule has 0 spiro atoms. The van der Waals surface area contributed by atoms with Crippen LogP contribution < -0.4 is 5.73 Å². The number of aliphatic hydroxyl groups is 1. The lowest BCUT2D eigenvalue weighted by atomic mass is 9.67. The summed E-state index contributed by atoms with van der Waals surface area (Å²) < 4.78 is 5.54. The van der Waals surface area contributed by atoms with E-state index < -0.39 is 5.60 Å². The van der Waals surface area contributed by atoms with Crippen LogP contribution in [0.25, 0.3) is 0 Å². The zero-order valence-electron chi connectivity index (χ0n) is 11.8. The van der Waals surface area contributed by atoms with Crippen molar-refractivity contribution in [3.8, 4) is 0 Å². The van der Waals surface area contributed by atoms with Crippen LogP contribution in [0.3, 0.4) is 0 Å². The second kappa shape index (κ2) is 5.89. The second-order valence-corrected chi connectivity index (χ2v) is 6.40. The summed E-state index contributed by atoms with van der Waals surface area (Å²) in [6.45, 7) is 4.22. The van der Waals surface area contributed by atoms with Crippen molar-refractivity contribution >= 4 is 0 Å². The Morgan fingerprint density at radius 3 is 2.72 bits per heavy atom. The first-order valence-corrected chi connectivity index (χ1v) is 7.66. The molecule has 3 unspecified atom stereocenters. The normalized spacial score (nSPS) is 41.8. The monoisotopic (exact) mass is 255 g/mol. The maximum absolute atomic E-state index is 11.1. The van der Waals surface area contributed by atoms with E-state index in [0.29, 0.717) is 13.2 Å².